The van der Waals surface area contributed by atoms with Crippen molar-refractivity contribution >= 4 is 24.9 Å². The first-order valence-corrected chi connectivity index (χ1v) is 9.98. The van der Waals surface area contributed by atoms with E-state index in [0.717, 1.165) is 6.04 Å². The molecule has 0 bridgehead atoms. The summed E-state index contributed by atoms with van der Waals surface area (Å²) in [5, 5.41) is 15.2. The molecule has 0 amide bonds. The summed E-state index contributed by atoms with van der Waals surface area (Å²) in [5.74, 6) is -0.233. The molecule has 0 saturated carbocycles. The van der Waals surface area contributed by atoms with Crippen LogP contribution < -0.4 is 0 Å². The van der Waals surface area contributed by atoms with Crippen LogP contribution in [0.3, 0.4) is 0 Å². The summed E-state index contributed by atoms with van der Waals surface area (Å²) >= 11 is 0. The molecule has 8 nitrogen and oxygen atoms in total. The van der Waals surface area contributed by atoms with Gasteiger partial charge in [-0.05, 0) is 16.0 Å². The van der Waals surface area contributed by atoms with Crippen molar-refractivity contribution in [3.8, 4) is 0 Å². The SMILES string of the molecule is C[Si](C)(C)CCOCn1ncc2c([N+](=O)[O-])ncnc21. The zero-order valence-electron chi connectivity index (χ0n) is 11.7. The van der Waals surface area contributed by atoms with Gasteiger partial charge in [-0.25, -0.2) is 4.68 Å². The summed E-state index contributed by atoms with van der Waals surface area (Å²) in [7, 11) is -1.13. The minimum Gasteiger partial charge on any atom is -0.359 e. The molecule has 0 aliphatic carbocycles. The maximum absolute atomic E-state index is 10.8. The Hall–Kier alpha value is -1.87. The Balaban J connectivity index is 2.08. The van der Waals surface area contributed by atoms with E-state index in [1.165, 1.54) is 17.2 Å². The van der Waals surface area contributed by atoms with E-state index in [1.54, 1.807) is 0 Å². The van der Waals surface area contributed by atoms with Crippen LogP contribution in [0.1, 0.15) is 0 Å². The van der Waals surface area contributed by atoms with E-state index in [-0.39, 0.29) is 12.5 Å². The molecule has 0 unspecified atom stereocenters. The first kappa shape index (κ1) is 14.5. The quantitative estimate of drug-likeness (QED) is 0.350. The van der Waals surface area contributed by atoms with Gasteiger partial charge in [0.25, 0.3) is 0 Å². The van der Waals surface area contributed by atoms with Gasteiger partial charge in [-0.15, -0.1) is 0 Å². The molecule has 0 aliphatic heterocycles. The van der Waals surface area contributed by atoms with Crippen LogP contribution >= 0.6 is 0 Å². The molecule has 2 rings (SSSR count). The van der Waals surface area contributed by atoms with E-state index in [2.05, 4.69) is 34.7 Å². The average molecular weight is 295 g/mol. The zero-order valence-corrected chi connectivity index (χ0v) is 12.7. The molecule has 2 heterocycles. The highest BCUT2D eigenvalue weighted by molar-refractivity contribution is 6.76. The highest BCUT2D eigenvalue weighted by Crippen LogP contribution is 2.20. The fourth-order valence-corrected chi connectivity index (χ4v) is 2.41. The number of fused-ring (bicyclic) bond motifs is 1. The van der Waals surface area contributed by atoms with Crippen molar-refractivity contribution in [3.63, 3.8) is 0 Å². The van der Waals surface area contributed by atoms with Crippen LogP contribution in [0, 0.1) is 10.1 Å². The number of nitrogens with zero attached hydrogens (tertiary/aromatic N) is 5. The third kappa shape index (κ3) is 3.36. The van der Waals surface area contributed by atoms with E-state index >= 15 is 0 Å². The van der Waals surface area contributed by atoms with E-state index in [9.17, 15) is 10.1 Å². The van der Waals surface area contributed by atoms with E-state index < -0.39 is 13.0 Å². The Morgan fingerprint density at radius 3 is 2.80 bits per heavy atom. The standard InChI is InChI=1S/C11H17N5O3Si/c1-20(2,3)5-4-19-8-15-10-9(6-14-15)11(16(17)18)13-7-12-10/h6-7H,4-5,8H2,1-3H3. The fraction of sp³-hybridized carbons (Fsp3) is 0.545. The Kier molecular flexibility index (Phi) is 4.09. The Morgan fingerprint density at radius 1 is 1.40 bits per heavy atom. The third-order valence-electron chi connectivity index (χ3n) is 2.80. The highest BCUT2D eigenvalue weighted by atomic mass is 28.3. The predicted octanol–water partition coefficient (Wildman–Crippen LogP) is 2.05. The molecule has 0 saturated heterocycles. The van der Waals surface area contributed by atoms with Crippen LogP contribution in [0.2, 0.25) is 25.7 Å². The number of ether oxygens (including phenoxy) is 1. The summed E-state index contributed by atoms with van der Waals surface area (Å²) < 4.78 is 7.08. The molecule has 2 aromatic heterocycles. The summed E-state index contributed by atoms with van der Waals surface area (Å²) in [5.41, 5.74) is 0.416. The van der Waals surface area contributed by atoms with Gasteiger partial charge >= 0.3 is 5.82 Å². The van der Waals surface area contributed by atoms with Crippen molar-refractivity contribution in [2.75, 3.05) is 6.61 Å². The molecular formula is C11H17N5O3Si. The van der Waals surface area contributed by atoms with Gasteiger partial charge in [0.15, 0.2) is 5.65 Å². The lowest BCUT2D eigenvalue weighted by atomic mass is 10.4. The van der Waals surface area contributed by atoms with E-state index in [1.807, 2.05) is 0 Å². The summed E-state index contributed by atoms with van der Waals surface area (Å²) in [6.45, 7) is 7.72. The number of rotatable bonds is 6. The molecule has 0 N–H and O–H groups in total. The summed E-state index contributed by atoms with van der Waals surface area (Å²) in [6.07, 6.45) is 2.57. The van der Waals surface area contributed by atoms with Crippen LogP contribution in [0.25, 0.3) is 11.0 Å². The molecule has 0 aromatic carbocycles. The number of hydrogen-bond acceptors (Lipinski definition) is 6. The van der Waals surface area contributed by atoms with Crippen molar-refractivity contribution in [2.24, 2.45) is 0 Å². The molecule has 0 atom stereocenters. The third-order valence-corrected chi connectivity index (χ3v) is 4.50. The molecular weight excluding hydrogens is 278 g/mol. The van der Waals surface area contributed by atoms with Crippen molar-refractivity contribution in [1.82, 2.24) is 19.7 Å². The minimum atomic E-state index is -1.13. The number of aromatic nitrogens is 4. The van der Waals surface area contributed by atoms with Gasteiger partial charge in [-0.3, -0.25) is 0 Å². The van der Waals surface area contributed by atoms with Crippen LogP contribution in [-0.2, 0) is 11.5 Å². The fourth-order valence-electron chi connectivity index (χ4n) is 1.65. The molecule has 2 aromatic rings. The molecule has 20 heavy (non-hydrogen) atoms. The lowest BCUT2D eigenvalue weighted by Crippen LogP contribution is -2.22. The van der Waals surface area contributed by atoms with Gasteiger partial charge in [0.05, 0.1) is 6.20 Å². The average Bonchev–Trinajstić information content (AvgIpc) is 2.76. The normalized spacial score (nSPS) is 11.9. The van der Waals surface area contributed by atoms with Gasteiger partial charge in [0.1, 0.15) is 12.1 Å². The minimum absolute atomic E-state index is 0.233. The van der Waals surface area contributed by atoms with Crippen LogP contribution in [-0.4, -0.2) is 39.4 Å². The van der Waals surface area contributed by atoms with Crippen LogP contribution in [0.5, 0.6) is 0 Å². The summed E-state index contributed by atoms with van der Waals surface area (Å²) in [4.78, 5) is 18.0. The lowest BCUT2D eigenvalue weighted by molar-refractivity contribution is -0.387. The monoisotopic (exact) mass is 295 g/mol. The Bertz CT molecular complexity index is 622. The maximum atomic E-state index is 10.8. The second kappa shape index (κ2) is 5.63. The van der Waals surface area contributed by atoms with Crippen molar-refractivity contribution in [3.05, 3.63) is 22.6 Å². The zero-order chi connectivity index (χ0) is 14.8. The van der Waals surface area contributed by atoms with Crippen molar-refractivity contribution in [2.45, 2.75) is 32.4 Å². The molecule has 9 heteroatoms. The number of hydrogen-bond donors (Lipinski definition) is 0. The second-order valence-corrected chi connectivity index (χ2v) is 11.3. The van der Waals surface area contributed by atoms with Crippen LogP contribution in [0.15, 0.2) is 12.5 Å². The topological polar surface area (TPSA) is 96.0 Å². The molecule has 0 spiro atoms. The van der Waals surface area contributed by atoms with Crippen LogP contribution in [0.4, 0.5) is 5.82 Å². The smallest absolute Gasteiger partial charge is 0.359 e. The Labute approximate surface area is 116 Å². The Morgan fingerprint density at radius 2 is 2.15 bits per heavy atom. The molecule has 0 fully saturated rings. The maximum Gasteiger partial charge on any atom is 0.377 e. The molecule has 0 aliphatic rings. The summed E-state index contributed by atoms with van der Waals surface area (Å²) in [6, 6.07) is 1.06. The first-order chi connectivity index (χ1) is 9.38. The molecule has 0 radical (unpaired) electrons. The van der Waals surface area contributed by atoms with Gasteiger partial charge in [-0.1, -0.05) is 19.6 Å². The highest BCUT2D eigenvalue weighted by Gasteiger charge is 2.18. The van der Waals surface area contributed by atoms with Gasteiger partial charge in [-0.2, -0.15) is 10.1 Å². The van der Waals surface area contributed by atoms with Gasteiger partial charge in [0.2, 0.25) is 6.33 Å². The number of nitro groups is 1. The second-order valence-electron chi connectivity index (χ2n) is 5.68. The lowest BCUT2D eigenvalue weighted by Gasteiger charge is -2.15. The van der Waals surface area contributed by atoms with Crippen molar-refractivity contribution < 1.29 is 9.66 Å². The molecule has 108 valence electrons. The van der Waals surface area contributed by atoms with Crippen molar-refractivity contribution in [1.29, 1.82) is 0 Å². The van der Waals surface area contributed by atoms with Gasteiger partial charge in [0, 0.05) is 14.7 Å². The van der Waals surface area contributed by atoms with Gasteiger partial charge < -0.3 is 14.9 Å². The predicted molar refractivity (Wildman–Crippen MR) is 76.1 cm³/mol. The first-order valence-electron chi connectivity index (χ1n) is 6.27. The largest absolute Gasteiger partial charge is 0.377 e. The van der Waals surface area contributed by atoms with E-state index in [4.69, 9.17) is 4.74 Å². The van der Waals surface area contributed by atoms with E-state index in [0.29, 0.717) is 17.6 Å².